The van der Waals surface area contributed by atoms with Crippen LogP contribution >= 0.6 is 0 Å². The predicted octanol–water partition coefficient (Wildman–Crippen LogP) is 4.29. The Morgan fingerprint density at radius 2 is 1.72 bits per heavy atom. The van der Waals surface area contributed by atoms with Crippen LogP contribution in [0.1, 0.15) is 55.9 Å². The number of carbonyl (C=O) groups excluding carboxylic acids is 1. The molecule has 1 aliphatic heterocycles. The highest BCUT2D eigenvalue weighted by atomic mass is 16.2. The van der Waals surface area contributed by atoms with E-state index < -0.39 is 0 Å². The zero-order valence-corrected chi connectivity index (χ0v) is 15.5. The molecule has 0 bridgehead atoms. The van der Waals surface area contributed by atoms with Crippen LogP contribution in [0, 0.1) is 0 Å². The molecule has 1 aliphatic rings. The predicted molar refractivity (Wildman–Crippen MR) is 104 cm³/mol. The number of fused-ring (bicyclic) bond motifs is 1. The van der Waals surface area contributed by atoms with Crippen LogP contribution in [0.25, 0.3) is 10.9 Å². The van der Waals surface area contributed by atoms with Crippen LogP contribution < -0.4 is 0 Å². The van der Waals surface area contributed by atoms with Crippen molar-refractivity contribution in [3.05, 3.63) is 36.0 Å². The zero-order valence-electron chi connectivity index (χ0n) is 15.5. The Kier molecular flexibility index (Phi) is 6.51. The number of aromatic nitrogens is 1. The number of benzene rings is 1. The fraction of sp³-hybridized carbons (Fsp3) is 0.571. The van der Waals surface area contributed by atoms with Crippen LogP contribution in [0.15, 0.2) is 30.3 Å². The van der Waals surface area contributed by atoms with Gasteiger partial charge in [0.05, 0.1) is 0 Å². The Morgan fingerprint density at radius 3 is 2.48 bits per heavy atom. The largest absolute Gasteiger partial charge is 0.351 e. The lowest BCUT2D eigenvalue weighted by Gasteiger charge is -2.34. The maximum absolute atomic E-state index is 12.7. The minimum Gasteiger partial charge on any atom is -0.351 e. The molecule has 0 spiro atoms. The average molecular weight is 341 g/mol. The van der Waals surface area contributed by atoms with Crippen LogP contribution in [0.4, 0.5) is 0 Å². The summed E-state index contributed by atoms with van der Waals surface area (Å²) < 4.78 is 0. The molecule has 1 saturated heterocycles. The molecule has 25 heavy (non-hydrogen) atoms. The smallest absolute Gasteiger partial charge is 0.270 e. The highest BCUT2D eigenvalue weighted by Gasteiger charge is 2.22. The number of H-pyrrole nitrogens is 1. The second kappa shape index (κ2) is 9.04. The molecule has 1 aromatic heterocycles. The number of hydrogen-bond acceptors (Lipinski definition) is 2. The van der Waals surface area contributed by atoms with Gasteiger partial charge in [0, 0.05) is 37.1 Å². The Bertz CT molecular complexity index is 638. The number of para-hydroxylation sites is 1. The summed E-state index contributed by atoms with van der Waals surface area (Å²) in [5.74, 6) is 0.135. The summed E-state index contributed by atoms with van der Waals surface area (Å²) in [4.78, 5) is 20.5. The number of aromatic amines is 1. The second-order valence-corrected chi connectivity index (χ2v) is 7.17. The lowest BCUT2D eigenvalue weighted by molar-refractivity contribution is 0.0630. The first-order chi connectivity index (χ1) is 12.3. The van der Waals surface area contributed by atoms with Crippen molar-refractivity contribution in [3.8, 4) is 0 Å². The van der Waals surface area contributed by atoms with E-state index in [2.05, 4.69) is 16.8 Å². The van der Waals surface area contributed by atoms with Gasteiger partial charge in [-0.2, -0.15) is 0 Å². The molecule has 0 saturated carbocycles. The number of unbranched alkanes of at least 4 members (excludes halogenated alkanes) is 5. The average Bonchev–Trinajstić information content (AvgIpc) is 3.09. The number of hydrogen-bond donors (Lipinski definition) is 1. The first kappa shape index (κ1) is 18.0. The van der Waals surface area contributed by atoms with Crippen molar-refractivity contribution < 1.29 is 4.79 Å². The van der Waals surface area contributed by atoms with Gasteiger partial charge in [0.1, 0.15) is 5.69 Å². The highest BCUT2D eigenvalue weighted by Crippen LogP contribution is 2.17. The van der Waals surface area contributed by atoms with Crippen molar-refractivity contribution >= 4 is 16.8 Å². The van der Waals surface area contributed by atoms with Crippen molar-refractivity contribution in [2.24, 2.45) is 0 Å². The van der Waals surface area contributed by atoms with Crippen molar-refractivity contribution in [2.45, 2.75) is 45.4 Å². The van der Waals surface area contributed by atoms with Gasteiger partial charge in [0.15, 0.2) is 0 Å². The summed E-state index contributed by atoms with van der Waals surface area (Å²) in [6, 6.07) is 10.0. The van der Waals surface area contributed by atoms with E-state index in [9.17, 15) is 4.79 Å². The molecule has 2 aromatic rings. The molecule has 4 nitrogen and oxygen atoms in total. The molecular weight excluding hydrogens is 310 g/mol. The summed E-state index contributed by atoms with van der Waals surface area (Å²) in [6.45, 7) is 7.12. The van der Waals surface area contributed by atoms with Gasteiger partial charge in [0.2, 0.25) is 0 Å². The zero-order chi connectivity index (χ0) is 17.5. The van der Waals surface area contributed by atoms with Crippen molar-refractivity contribution in [1.29, 1.82) is 0 Å². The van der Waals surface area contributed by atoms with Gasteiger partial charge in [-0.05, 0) is 25.1 Å². The quantitative estimate of drug-likeness (QED) is 0.728. The molecule has 0 radical (unpaired) electrons. The van der Waals surface area contributed by atoms with Crippen LogP contribution in [0.2, 0.25) is 0 Å². The normalized spacial score (nSPS) is 15.8. The summed E-state index contributed by atoms with van der Waals surface area (Å²) >= 11 is 0. The molecule has 136 valence electrons. The minimum atomic E-state index is 0.135. The maximum Gasteiger partial charge on any atom is 0.270 e. The Balaban J connectivity index is 1.42. The Labute approximate surface area is 151 Å². The van der Waals surface area contributed by atoms with Gasteiger partial charge in [0.25, 0.3) is 5.91 Å². The van der Waals surface area contributed by atoms with E-state index in [1.54, 1.807) is 0 Å². The molecule has 3 rings (SSSR count). The number of amides is 1. The van der Waals surface area contributed by atoms with Crippen molar-refractivity contribution in [1.82, 2.24) is 14.8 Å². The van der Waals surface area contributed by atoms with E-state index in [-0.39, 0.29) is 5.91 Å². The van der Waals surface area contributed by atoms with E-state index >= 15 is 0 Å². The third kappa shape index (κ3) is 4.85. The number of nitrogens with zero attached hydrogens (tertiary/aromatic N) is 2. The van der Waals surface area contributed by atoms with E-state index in [1.165, 1.54) is 45.1 Å². The van der Waals surface area contributed by atoms with Crippen LogP contribution in [0.5, 0.6) is 0 Å². The monoisotopic (exact) mass is 341 g/mol. The third-order valence-corrected chi connectivity index (χ3v) is 5.25. The Morgan fingerprint density at radius 1 is 1.00 bits per heavy atom. The third-order valence-electron chi connectivity index (χ3n) is 5.25. The standard InChI is InChI=1S/C21H31N3O/c1-2-3-4-5-6-9-12-23-13-15-24(16-14-23)21(25)20-17-18-10-7-8-11-19(18)22-20/h7-8,10-11,17,22H,2-6,9,12-16H2,1H3. The van der Waals surface area contributed by atoms with Gasteiger partial charge < -0.3 is 9.88 Å². The minimum absolute atomic E-state index is 0.135. The first-order valence-electron chi connectivity index (χ1n) is 9.87. The number of rotatable bonds is 8. The van der Waals surface area contributed by atoms with Crippen LogP contribution in [0.3, 0.4) is 0 Å². The molecule has 1 aromatic carbocycles. The molecule has 0 unspecified atom stereocenters. The molecule has 0 atom stereocenters. The van der Waals surface area contributed by atoms with Gasteiger partial charge in [-0.15, -0.1) is 0 Å². The van der Waals surface area contributed by atoms with Gasteiger partial charge >= 0.3 is 0 Å². The number of carbonyl (C=O) groups is 1. The van der Waals surface area contributed by atoms with Gasteiger partial charge in [-0.3, -0.25) is 9.69 Å². The van der Waals surface area contributed by atoms with E-state index in [0.29, 0.717) is 5.69 Å². The molecule has 4 heteroatoms. The van der Waals surface area contributed by atoms with E-state index in [4.69, 9.17) is 0 Å². The van der Waals surface area contributed by atoms with Crippen LogP contribution in [-0.2, 0) is 0 Å². The van der Waals surface area contributed by atoms with Crippen LogP contribution in [-0.4, -0.2) is 53.4 Å². The summed E-state index contributed by atoms with van der Waals surface area (Å²) in [7, 11) is 0. The van der Waals surface area contributed by atoms with Gasteiger partial charge in [-0.1, -0.05) is 57.2 Å². The highest BCUT2D eigenvalue weighted by molar-refractivity contribution is 5.98. The lowest BCUT2D eigenvalue weighted by atomic mass is 10.1. The molecule has 2 heterocycles. The molecule has 0 aliphatic carbocycles. The maximum atomic E-state index is 12.7. The summed E-state index contributed by atoms with van der Waals surface area (Å²) in [5.41, 5.74) is 1.75. The van der Waals surface area contributed by atoms with E-state index in [0.717, 1.165) is 37.1 Å². The van der Waals surface area contributed by atoms with Gasteiger partial charge in [-0.25, -0.2) is 0 Å². The fourth-order valence-electron chi connectivity index (χ4n) is 3.65. The van der Waals surface area contributed by atoms with Crippen molar-refractivity contribution in [3.63, 3.8) is 0 Å². The summed E-state index contributed by atoms with van der Waals surface area (Å²) in [6.07, 6.45) is 8.06. The number of piperazine rings is 1. The molecule has 1 amide bonds. The topological polar surface area (TPSA) is 39.3 Å². The van der Waals surface area contributed by atoms with Crippen molar-refractivity contribution in [2.75, 3.05) is 32.7 Å². The molecule has 1 N–H and O–H groups in total. The second-order valence-electron chi connectivity index (χ2n) is 7.17. The van der Waals surface area contributed by atoms with E-state index in [1.807, 2.05) is 35.2 Å². The SMILES string of the molecule is CCCCCCCCN1CCN(C(=O)c2cc3ccccc3[nH]2)CC1. The lowest BCUT2D eigenvalue weighted by Crippen LogP contribution is -2.48. The number of nitrogens with one attached hydrogen (secondary N) is 1. The Hall–Kier alpha value is -1.81. The molecular formula is C21H31N3O. The summed E-state index contributed by atoms with van der Waals surface area (Å²) in [5, 5.41) is 1.10. The first-order valence-corrected chi connectivity index (χ1v) is 9.87. The molecule has 1 fully saturated rings. The fourth-order valence-corrected chi connectivity index (χ4v) is 3.65.